The first-order valence-electron chi connectivity index (χ1n) is 11.5. The van der Waals surface area contributed by atoms with Gasteiger partial charge in [-0.1, -0.05) is 18.2 Å². The highest BCUT2D eigenvalue weighted by molar-refractivity contribution is 14.1. The molecule has 0 spiro atoms. The summed E-state index contributed by atoms with van der Waals surface area (Å²) in [5.41, 5.74) is 3.42. The van der Waals surface area contributed by atoms with Crippen LogP contribution < -0.4 is 19.7 Å². The van der Waals surface area contributed by atoms with Crippen molar-refractivity contribution in [2.45, 2.75) is 27.4 Å². The van der Waals surface area contributed by atoms with E-state index in [4.69, 9.17) is 9.47 Å². The maximum Gasteiger partial charge on any atom is 0.335 e. The Bertz CT molecular complexity index is 1420. The fourth-order valence-electron chi connectivity index (χ4n) is 3.73. The van der Waals surface area contributed by atoms with Crippen LogP contribution in [0, 0.1) is 23.2 Å². The Labute approximate surface area is 227 Å². The maximum atomic E-state index is 13.3. The van der Waals surface area contributed by atoms with Gasteiger partial charge in [-0.05, 0) is 108 Å². The molecule has 1 aliphatic rings. The summed E-state index contributed by atoms with van der Waals surface area (Å²) in [5.74, 6) is -0.916. The van der Waals surface area contributed by atoms with Gasteiger partial charge in [-0.2, -0.15) is 0 Å². The van der Waals surface area contributed by atoms with Gasteiger partial charge in [0, 0.05) is 0 Å². The van der Waals surface area contributed by atoms with Crippen LogP contribution in [-0.2, 0) is 16.2 Å². The van der Waals surface area contributed by atoms with E-state index < -0.39 is 17.8 Å². The van der Waals surface area contributed by atoms with Crippen molar-refractivity contribution in [3.8, 4) is 11.5 Å². The monoisotopic (exact) mass is 614 g/mol. The maximum absolute atomic E-state index is 13.3. The zero-order chi connectivity index (χ0) is 26.7. The molecule has 0 aliphatic carbocycles. The number of urea groups is 1. The molecule has 0 bridgehead atoms. The van der Waals surface area contributed by atoms with E-state index in [-0.39, 0.29) is 18.0 Å². The summed E-state index contributed by atoms with van der Waals surface area (Å²) >= 11 is 2.08. The van der Waals surface area contributed by atoms with Crippen LogP contribution in [0.2, 0.25) is 0 Å². The summed E-state index contributed by atoms with van der Waals surface area (Å²) < 4.78 is 25.6. The number of benzene rings is 3. The van der Waals surface area contributed by atoms with Crippen molar-refractivity contribution in [1.82, 2.24) is 5.32 Å². The van der Waals surface area contributed by atoms with Crippen LogP contribution in [0.4, 0.5) is 14.9 Å². The van der Waals surface area contributed by atoms with Gasteiger partial charge in [-0.3, -0.25) is 14.9 Å². The Morgan fingerprint density at radius 3 is 2.38 bits per heavy atom. The first-order chi connectivity index (χ1) is 17.7. The third kappa shape index (κ3) is 5.82. The summed E-state index contributed by atoms with van der Waals surface area (Å²) in [6.45, 7) is 6.19. The molecule has 37 heavy (non-hydrogen) atoms. The van der Waals surface area contributed by atoms with E-state index >= 15 is 0 Å². The predicted octanol–water partition coefficient (Wildman–Crippen LogP) is 5.69. The van der Waals surface area contributed by atoms with Gasteiger partial charge in [-0.25, -0.2) is 14.1 Å². The van der Waals surface area contributed by atoms with Crippen molar-refractivity contribution in [2.24, 2.45) is 0 Å². The molecule has 0 unspecified atom stereocenters. The van der Waals surface area contributed by atoms with E-state index in [1.165, 1.54) is 18.2 Å². The quantitative estimate of drug-likeness (QED) is 0.210. The van der Waals surface area contributed by atoms with E-state index in [0.717, 1.165) is 21.6 Å². The topological polar surface area (TPSA) is 84.9 Å². The number of barbiturate groups is 1. The van der Waals surface area contributed by atoms with E-state index in [9.17, 15) is 18.8 Å². The number of hydrogen-bond donors (Lipinski definition) is 1. The zero-order valence-electron chi connectivity index (χ0n) is 20.4. The lowest BCUT2D eigenvalue weighted by Crippen LogP contribution is -2.54. The number of carbonyl (C=O) groups excluding carboxylic acids is 3. The number of rotatable bonds is 7. The number of nitrogens with zero attached hydrogens (tertiary/aromatic N) is 1. The van der Waals surface area contributed by atoms with Gasteiger partial charge in [0.05, 0.1) is 15.9 Å². The standard InChI is InChI=1S/C28H24FIN2O5/c1-4-36-24-14-19(13-23(30)25(24)37-15-18-6-8-20(29)9-7-18)12-22-26(33)31-28(35)32(27(22)34)21-10-5-16(2)17(3)11-21/h5-14H,4,15H2,1-3H3,(H,31,33,35)/b22-12+. The minimum Gasteiger partial charge on any atom is -0.490 e. The van der Waals surface area contributed by atoms with Gasteiger partial charge in [0.15, 0.2) is 11.5 Å². The van der Waals surface area contributed by atoms with Crippen molar-refractivity contribution in [2.75, 3.05) is 11.5 Å². The molecular weight excluding hydrogens is 590 g/mol. The minimum atomic E-state index is -0.801. The third-order valence-electron chi connectivity index (χ3n) is 5.79. The third-order valence-corrected chi connectivity index (χ3v) is 6.59. The number of halogens is 2. The molecule has 0 aromatic heterocycles. The summed E-state index contributed by atoms with van der Waals surface area (Å²) in [6, 6.07) is 13.8. The zero-order valence-corrected chi connectivity index (χ0v) is 22.6. The summed E-state index contributed by atoms with van der Waals surface area (Å²) in [7, 11) is 0. The molecule has 3 aromatic carbocycles. The molecular formula is C28H24FIN2O5. The lowest BCUT2D eigenvalue weighted by molar-refractivity contribution is -0.122. The van der Waals surface area contributed by atoms with Gasteiger partial charge in [0.25, 0.3) is 11.8 Å². The van der Waals surface area contributed by atoms with Crippen molar-refractivity contribution in [3.05, 3.63) is 91.8 Å². The van der Waals surface area contributed by atoms with Crippen LogP contribution in [0.3, 0.4) is 0 Å². The van der Waals surface area contributed by atoms with E-state index in [1.54, 1.807) is 36.4 Å². The number of hydrogen-bond acceptors (Lipinski definition) is 5. The number of imide groups is 2. The van der Waals surface area contributed by atoms with Gasteiger partial charge >= 0.3 is 6.03 Å². The average molecular weight is 614 g/mol. The molecule has 0 atom stereocenters. The van der Waals surface area contributed by atoms with Crippen molar-refractivity contribution in [1.29, 1.82) is 0 Å². The first kappa shape index (κ1) is 26.3. The number of carbonyl (C=O) groups is 3. The average Bonchev–Trinajstić information content (AvgIpc) is 2.84. The van der Waals surface area contributed by atoms with E-state index in [0.29, 0.717) is 32.9 Å². The van der Waals surface area contributed by atoms with E-state index in [1.807, 2.05) is 26.8 Å². The molecule has 0 saturated carbocycles. The van der Waals surface area contributed by atoms with Crippen LogP contribution in [0.1, 0.15) is 29.2 Å². The number of amides is 4. The molecule has 1 heterocycles. The van der Waals surface area contributed by atoms with Crippen molar-refractivity contribution >= 4 is 52.2 Å². The lowest BCUT2D eigenvalue weighted by Gasteiger charge is -2.27. The fourth-order valence-corrected chi connectivity index (χ4v) is 4.51. The smallest absolute Gasteiger partial charge is 0.335 e. The van der Waals surface area contributed by atoms with Crippen LogP contribution in [0.5, 0.6) is 11.5 Å². The lowest BCUT2D eigenvalue weighted by atomic mass is 10.0. The highest BCUT2D eigenvalue weighted by atomic mass is 127. The minimum absolute atomic E-state index is 0.184. The highest BCUT2D eigenvalue weighted by Crippen LogP contribution is 2.36. The molecule has 1 N–H and O–H groups in total. The summed E-state index contributed by atoms with van der Waals surface area (Å²) in [5, 5.41) is 2.25. The highest BCUT2D eigenvalue weighted by Gasteiger charge is 2.37. The molecule has 1 saturated heterocycles. The first-order valence-corrected chi connectivity index (χ1v) is 12.6. The van der Waals surface area contributed by atoms with Crippen LogP contribution in [0.15, 0.2) is 60.2 Å². The molecule has 1 fully saturated rings. The van der Waals surface area contributed by atoms with Crippen LogP contribution >= 0.6 is 22.6 Å². The summed E-state index contributed by atoms with van der Waals surface area (Å²) in [4.78, 5) is 39.4. The van der Waals surface area contributed by atoms with Crippen LogP contribution in [0.25, 0.3) is 6.08 Å². The van der Waals surface area contributed by atoms with Gasteiger partial charge < -0.3 is 9.47 Å². The molecule has 4 rings (SSSR count). The second-order valence-electron chi connectivity index (χ2n) is 8.40. The largest absolute Gasteiger partial charge is 0.490 e. The second kappa shape index (κ2) is 11.1. The normalized spacial score (nSPS) is 14.7. The van der Waals surface area contributed by atoms with Gasteiger partial charge in [-0.15, -0.1) is 0 Å². The van der Waals surface area contributed by atoms with E-state index in [2.05, 4.69) is 27.9 Å². The Hall–Kier alpha value is -3.73. The molecule has 3 aromatic rings. The Balaban J connectivity index is 1.66. The number of ether oxygens (including phenoxy) is 2. The molecule has 0 radical (unpaired) electrons. The summed E-state index contributed by atoms with van der Waals surface area (Å²) in [6.07, 6.45) is 1.42. The molecule has 9 heteroatoms. The molecule has 190 valence electrons. The number of aryl methyl sites for hydroxylation is 2. The molecule has 7 nitrogen and oxygen atoms in total. The van der Waals surface area contributed by atoms with Gasteiger partial charge in [0.1, 0.15) is 18.0 Å². The fraction of sp³-hybridized carbons (Fsp3) is 0.179. The SMILES string of the molecule is CCOc1cc(/C=C2\C(=O)NC(=O)N(c3ccc(C)c(C)c3)C2=O)cc(I)c1OCc1ccc(F)cc1. The Morgan fingerprint density at radius 1 is 0.973 bits per heavy atom. The van der Waals surface area contributed by atoms with Crippen molar-refractivity contribution in [3.63, 3.8) is 0 Å². The molecule has 1 aliphatic heterocycles. The molecule has 4 amide bonds. The number of anilines is 1. The Morgan fingerprint density at radius 2 is 1.70 bits per heavy atom. The van der Waals surface area contributed by atoms with Crippen LogP contribution in [-0.4, -0.2) is 24.5 Å². The number of nitrogens with one attached hydrogen (secondary N) is 1. The Kier molecular flexibility index (Phi) is 7.91. The second-order valence-corrected chi connectivity index (χ2v) is 9.57. The van der Waals surface area contributed by atoms with Gasteiger partial charge in [0.2, 0.25) is 0 Å². The van der Waals surface area contributed by atoms with Crippen molar-refractivity contribution < 1.29 is 28.2 Å². The predicted molar refractivity (Wildman–Crippen MR) is 146 cm³/mol.